The smallest absolute Gasteiger partial charge is 0.254 e. The number of aromatic nitrogens is 2. The minimum Gasteiger partial charge on any atom is -0.351 e. The molecular weight excluding hydrogens is 202 g/mol. The molecule has 16 heavy (non-hydrogen) atoms. The molecule has 0 aliphatic heterocycles. The van der Waals surface area contributed by atoms with Gasteiger partial charge >= 0.3 is 0 Å². The van der Waals surface area contributed by atoms with Gasteiger partial charge in [-0.25, -0.2) is 9.97 Å². The topological polar surface area (TPSA) is 54.9 Å². The third kappa shape index (κ3) is 3.61. The number of aryl methyl sites for hydroxylation is 1. The van der Waals surface area contributed by atoms with Gasteiger partial charge in [0.15, 0.2) is 0 Å². The van der Waals surface area contributed by atoms with Crippen LogP contribution in [0, 0.1) is 5.41 Å². The summed E-state index contributed by atoms with van der Waals surface area (Å²) in [5.74, 6) is -0.0904. The molecular formula is C12H19N3O. The summed E-state index contributed by atoms with van der Waals surface area (Å²) in [6.07, 6.45) is 3.78. The van der Waals surface area contributed by atoms with Gasteiger partial charge in [-0.3, -0.25) is 4.79 Å². The Morgan fingerprint density at radius 3 is 2.69 bits per heavy atom. The van der Waals surface area contributed by atoms with Crippen LogP contribution < -0.4 is 5.32 Å². The molecule has 1 amide bonds. The van der Waals surface area contributed by atoms with Crippen LogP contribution in [-0.2, 0) is 6.42 Å². The van der Waals surface area contributed by atoms with Gasteiger partial charge < -0.3 is 5.32 Å². The molecule has 0 radical (unpaired) electrons. The summed E-state index contributed by atoms with van der Waals surface area (Å²) in [7, 11) is 0. The van der Waals surface area contributed by atoms with Crippen LogP contribution in [0.25, 0.3) is 0 Å². The zero-order valence-electron chi connectivity index (χ0n) is 10.4. The lowest BCUT2D eigenvalue weighted by Gasteiger charge is -2.18. The van der Waals surface area contributed by atoms with Crippen molar-refractivity contribution in [1.82, 2.24) is 15.3 Å². The van der Waals surface area contributed by atoms with E-state index in [0.717, 1.165) is 12.1 Å². The normalized spacial score (nSPS) is 11.2. The van der Waals surface area contributed by atoms with Crippen LogP contribution in [0.1, 0.15) is 43.7 Å². The van der Waals surface area contributed by atoms with Crippen molar-refractivity contribution >= 4 is 5.91 Å². The van der Waals surface area contributed by atoms with Crippen molar-refractivity contribution in [2.24, 2.45) is 5.41 Å². The number of nitrogens with zero attached hydrogens (tertiary/aromatic N) is 2. The highest BCUT2D eigenvalue weighted by atomic mass is 16.1. The Bertz CT molecular complexity index is 369. The maximum absolute atomic E-state index is 11.9. The van der Waals surface area contributed by atoms with Crippen molar-refractivity contribution in [3.63, 3.8) is 0 Å². The number of carbonyl (C=O) groups is 1. The lowest BCUT2D eigenvalue weighted by atomic mass is 9.97. The van der Waals surface area contributed by atoms with Crippen LogP contribution in [0.2, 0.25) is 0 Å². The second-order valence-corrected chi connectivity index (χ2v) is 4.98. The van der Waals surface area contributed by atoms with E-state index in [1.54, 1.807) is 6.20 Å². The first-order chi connectivity index (χ1) is 7.44. The van der Waals surface area contributed by atoms with Crippen molar-refractivity contribution in [2.75, 3.05) is 6.54 Å². The number of carbonyl (C=O) groups excluding carboxylic acids is 1. The monoisotopic (exact) mass is 221 g/mol. The van der Waals surface area contributed by atoms with E-state index in [9.17, 15) is 4.79 Å². The van der Waals surface area contributed by atoms with Crippen LogP contribution >= 0.6 is 0 Å². The van der Waals surface area contributed by atoms with Crippen molar-refractivity contribution in [3.05, 3.63) is 23.8 Å². The molecule has 0 saturated heterocycles. The maximum atomic E-state index is 11.9. The van der Waals surface area contributed by atoms with Gasteiger partial charge in [0.25, 0.3) is 5.91 Å². The van der Waals surface area contributed by atoms with Gasteiger partial charge in [-0.05, 0) is 11.8 Å². The first-order valence-electron chi connectivity index (χ1n) is 5.51. The summed E-state index contributed by atoms with van der Waals surface area (Å²) in [5, 5.41) is 2.89. The van der Waals surface area contributed by atoms with Crippen LogP contribution in [0.15, 0.2) is 12.5 Å². The molecule has 1 heterocycles. The molecule has 4 heteroatoms. The highest BCUT2D eigenvalue weighted by Crippen LogP contribution is 2.11. The third-order valence-electron chi connectivity index (χ3n) is 2.15. The zero-order chi connectivity index (χ0) is 12.2. The maximum Gasteiger partial charge on any atom is 0.254 e. The molecule has 0 saturated carbocycles. The summed E-state index contributed by atoms with van der Waals surface area (Å²) in [4.78, 5) is 19.9. The average molecular weight is 221 g/mol. The molecule has 0 spiro atoms. The van der Waals surface area contributed by atoms with Gasteiger partial charge in [0.05, 0.1) is 11.3 Å². The minimum atomic E-state index is -0.0904. The molecule has 88 valence electrons. The van der Waals surface area contributed by atoms with Gasteiger partial charge in [0.1, 0.15) is 6.33 Å². The average Bonchev–Trinajstić information content (AvgIpc) is 2.25. The fourth-order valence-electron chi connectivity index (χ4n) is 1.27. The fraction of sp³-hybridized carbons (Fsp3) is 0.583. The Morgan fingerprint density at radius 1 is 1.44 bits per heavy atom. The van der Waals surface area contributed by atoms with E-state index in [1.807, 2.05) is 6.92 Å². The number of amides is 1. The van der Waals surface area contributed by atoms with Crippen molar-refractivity contribution < 1.29 is 4.79 Å². The molecule has 0 aliphatic carbocycles. The van der Waals surface area contributed by atoms with Gasteiger partial charge in [-0.1, -0.05) is 27.7 Å². The van der Waals surface area contributed by atoms with E-state index in [-0.39, 0.29) is 11.3 Å². The summed E-state index contributed by atoms with van der Waals surface area (Å²) in [6.45, 7) is 8.85. The van der Waals surface area contributed by atoms with E-state index in [4.69, 9.17) is 0 Å². The van der Waals surface area contributed by atoms with Crippen LogP contribution in [0.3, 0.4) is 0 Å². The van der Waals surface area contributed by atoms with Gasteiger partial charge in [0.2, 0.25) is 0 Å². The summed E-state index contributed by atoms with van der Waals surface area (Å²) >= 11 is 0. The molecule has 1 rings (SSSR count). The predicted octanol–water partition coefficient (Wildman–Crippen LogP) is 1.81. The van der Waals surface area contributed by atoms with Crippen molar-refractivity contribution in [2.45, 2.75) is 34.1 Å². The quantitative estimate of drug-likeness (QED) is 0.847. The standard InChI is InChI=1S/C12H19N3O/c1-5-10-9(6-13-8-15-10)11(16)14-7-12(2,3)4/h6,8H,5,7H2,1-4H3,(H,14,16). The highest BCUT2D eigenvalue weighted by molar-refractivity contribution is 5.94. The van der Waals surface area contributed by atoms with Crippen LogP contribution in [0.5, 0.6) is 0 Å². The summed E-state index contributed by atoms with van der Waals surface area (Å²) in [6, 6.07) is 0. The van der Waals surface area contributed by atoms with Gasteiger partial charge in [-0.2, -0.15) is 0 Å². The van der Waals surface area contributed by atoms with E-state index >= 15 is 0 Å². The number of rotatable bonds is 3. The Balaban J connectivity index is 2.73. The lowest BCUT2D eigenvalue weighted by Crippen LogP contribution is -2.33. The minimum absolute atomic E-state index is 0.0810. The molecule has 0 atom stereocenters. The Morgan fingerprint density at radius 2 is 2.12 bits per heavy atom. The first-order valence-corrected chi connectivity index (χ1v) is 5.51. The zero-order valence-corrected chi connectivity index (χ0v) is 10.4. The molecule has 0 unspecified atom stereocenters. The largest absolute Gasteiger partial charge is 0.351 e. The van der Waals surface area contributed by atoms with Crippen LogP contribution in [-0.4, -0.2) is 22.4 Å². The van der Waals surface area contributed by atoms with Crippen LogP contribution in [0.4, 0.5) is 0 Å². The van der Waals surface area contributed by atoms with Gasteiger partial charge in [0, 0.05) is 12.7 Å². The number of hydrogen-bond acceptors (Lipinski definition) is 3. The van der Waals surface area contributed by atoms with E-state index in [0.29, 0.717) is 12.1 Å². The molecule has 0 bridgehead atoms. The van der Waals surface area contributed by atoms with E-state index in [1.165, 1.54) is 6.33 Å². The number of hydrogen-bond donors (Lipinski definition) is 1. The van der Waals surface area contributed by atoms with E-state index < -0.39 is 0 Å². The van der Waals surface area contributed by atoms with E-state index in [2.05, 4.69) is 36.1 Å². The second-order valence-electron chi connectivity index (χ2n) is 4.98. The first kappa shape index (κ1) is 12.6. The fourth-order valence-corrected chi connectivity index (χ4v) is 1.27. The van der Waals surface area contributed by atoms with Gasteiger partial charge in [-0.15, -0.1) is 0 Å². The summed E-state index contributed by atoms with van der Waals surface area (Å²) < 4.78 is 0. The molecule has 1 aromatic heterocycles. The Labute approximate surface area is 96.5 Å². The van der Waals surface area contributed by atoms with Crippen molar-refractivity contribution in [1.29, 1.82) is 0 Å². The number of nitrogens with one attached hydrogen (secondary N) is 1. The molecule has 0 aromatic carbocycles. The lowest BCUT2D eigenvalue weighted by molar-refractivity contribution is 0.0937. The third-order valence-corrected chi connectivity index (χ3v) is 2.15. The second kappa shape index (κ2) is 5.05. The molecule has 1 N–H and O–H groups in total. The highest BCUT2D eigenvalue weighted by Gasteiger charge is 2.15. The molecule has 1 aromatic rings. The molecule has 0 fully saturated rings. The summed E-state index contributed by atoms with van der Waals surface area (Å²) in [5.41, 5.74) is 1.45. The predicted molar refractivity (Wildman–Crippen MR) is 63.2 cm³/mol. The van der Waals surface area contributed by atoms with Crippen molar-refractivity contribution in [3.8, 4) is 0 Å². The molecule has 4 nitrogen and oxygen atoms in total. The SMILES string of the molecule is CCc1ncncc1C(=O)NCC(C)(C)C. The Hall–Kier alpha value is -1.45. The Kier molecular flexibility index (Phi) is 3.99. The molecule has 0 aliphatic rings.